The highest BCUT2D eigenvalue weighted by atomic mass is 79.9. The van der Waals surface area contributed by atoms with Crippen molar-refractivity contribution in [2.45, 2.75) is 6.42 Å². The Morgan fingerprint density at radius 3 is 3.07 bits per heavy atom. The Morgan fingerprint density at radius 1 is 1.53 bits per heavy atom. The number of esters is 1. The van der Waals surface area contributed by atoms with Gasteiger partial charge in [-0.25, -0.2) is 4.98 Å². The summed E-state index contributed by atoms with van der Waals surface area (Å²) in [5.41, 5.74) is 1.53. The third kappa shape index (κ3) is 2.18. The summed E-state index contributed by atoms with van der Waals surface area (Å²) >= 11 is 3.37. The van der Waals surface area contributed by atoms with Crippen LogP contribution >= 0.6 is 15.9 Å². The van der Waals surface area contributed by atoms with Gasteiger partial charge in [0.05, 0.1) is 19.2 Å². The largest absolute Gasteiger partial charge is 0.469 e. The molecule has 0 amide bonds. The first-order valence-electron chi connectivity index (χ1n) is 4.39. The summed E-state index contributed by atoms with van der Waals surface area (Å²) in [6.07, 6.45) is 3.91. The molecule has 0 fully saturated rings. The van der Waals surface area contributed by atoms with Crippen LogP contribution in [0.3, 0.4) is 0 Å². The average Bonchev–Trinajstić information content (AvgIpc) is 2.59. The molecule has 0 aliphatic carbocycles. The lowest BCUT2D eigenvalue weighted by Crippen LogP contribution is -2.04. The quantitative estimate of drug-likeness (QED) is 0.781. The van der Waals surface area contributed by atoms with Gasteiger partial charge in [0, 0.05) is 16.9 Å². The van der Waals surface area contributed by atoms with E-state index in [2.05, 4.69) is 25.7 Å². The van der Waals surface area contributed by atoms with E-state index in [1.54, 1.807) is 0 Å². The molecular weight excluding hydrogens is 260 g/mol. The van der Waals surface area contributed by atoms with Crippen LogP contribution in [-0.2, 0) is 16.0 Å². The highest BCUT2D eigenvalue weighted by molar-refractivity contribution is 9.10. The molecule has 2 aromatic rings. The Bertz CT molecular complexity index is 507. The summed E-state index contributed by atoms with van der Waals surface area (Å²) in [7, 11) is 1.37. The van der Waals surface area contributed by atoms with Crippen molar-refractivity contribution in [1.82, 2.24) is 9.38 Å². The molecule has 0 bridgehead atoms. The number of carbonyl (C=O) groups excluding carboxylic acids is 1. The molecule has 0 saturated heterocycles. The second kappa shape index (κ2) is 4.02. The predicted molar refractivity (Wildman–Crippen MR) is 58.6 cm³/mol. The zero-order valence-electron chi connectivity index (χ0n) is 8.11. The van der Waals surface area contributed by atoms with Gasteiger partial charge in [-0.1, -0.05) is 0 Å². The molecule has 0 unspecified atom stereocenters. The molecule has 2 heterocycles. The van der Waals surface area contributed by atoms with Gasteiger partial charge in [0.1, 0.15) is 5.65 Å². The molecule has 0 spiro atoms. The number of fused-ring (bicyclic) bond motifs is 1. The van der Waals surface area contributed by atoms with Crippen LogP contribution in [0.1, 0.15) is 5.69 Å². The van der Waals surface area contributed by atoms with Gasteiger partial charge >= 0.3 is 5.97 Å². The zero-order valence-corrected chi connectivity index (χ0v) is 9.69. The van der Waals surface area contributed by atoms with E-state index in [1.807, 2.05) is 28.9 Å². The van der Waals surface area contributed by atoms with Crippen LogP contribution in [0.25, 0.3) is 5.65 Å². The highest BCUT2D eigenvalue weighted by Gasteiger charge is 2.07. The zero-order chi connectivity index (χ0) is 10.8. The van der Waals surface area contributed by atoms with Crippen LogP contribution in [0.15, 0.2) is 29.0 Å². The second-order valence-electron chi connectivity index (χ2n) is 3.10. The molecule has 0 atom stereocenters. The van der Waals surface area contributed by atoms with Crippen LogP contribution in [0, 0.1) is 0 Å². The summed E-state index contributed by atoms with van der Waals surface area (Å²) in [6.45, 7) is 0. The molecule has 2 rings (SSSR count). The molecule has 15 heavy (non-hydrogen) atoms. The summed E-state index contributed by atoms with van der Waals surface area (Å²) in [5.74, 6) is -0.280. The minimum Gasteiger partial charge on any atom is -0.469 e. The fraction of sp³-hybridized carbons (Fsp3) is 0.200. The molecular formula is C10H9BrN2O2. The molecule has 0 N–H and O–H groups in total. The van der Waals surface area contributed by atoms with Crippen molar-refractivity contribution in [2.75, 3.05) is 7.11 Å². The van der Waals surface area contributed by atoms with Crippen molar-refractivity contribution in [3.8, 4) is 0 Å². The van der Waals surface area contributed by atoms with Gasteiger partial charge in [-0.3, -0.25) is 4.79 Å². The third-order valence-electron chi connectivity index (χ3n) is 2.02. The summed E-state index contributed by atoms with van der Waals surface area (Å²) in [4.78, 5) is 15.3. The molecule has 0 saturated carbocycles. The van der Waals surface area contributed by atoms with Crippen molar-refractivity contribution in [3.63, 3.8) is 0 Å². The van der Waals surface area contributed by atoms with E-state index in [0.29, 0.717) is 5.69 Å². The number of ether oxygens (including phenoxy) is 1. The Kier molecular flexibility index (Phi) is 2.73. The van der Waals surface area contributed by atoms with Gasteiger partial charge < -0.3 is 9.14 Å². The molecule has 0 aliphatic rings. The maximum absolute atomic E-state index is 11.0. The molecule has 4 nitrogen and oxygen atoms in total. The van der Waals surface area contributed by atoms with Gasteiger partial charge in [-0.05, 0) is 28.1 Å². The standard InChI is InChI=1S/C10H9BrN2O2/c1-15-10(14)4-8-6-13-5-7(11)2-3-9(13)12-8/h2-3,5-6H,4H2,1H3. The number of hydrogen-bond donors (Lipinski definition) is 0. The smallest absolute Gasteiger partial charge is 0.311 e. The van der Waals surface area contributed by atoms with E-state index in [1.165, 1.54) is 7.11 Å². The number of methoxy groups -OCH3 is 1. The van der Waals surface area contributed by atoms with Gasteiger partial charge in [-0.15, -0.1) is 0 Å². The number of rotatable bonds is 2. The summed E-state index contributed by atoms with van der Waals surface area (Å²) < 4.78 is 7.41. The van der Waals surface area contributed by atoms with Gasteiger partial charge in [-0.2, -0.15) is 0 Å². The normalized spacial score (nSPS) is 10.5. The number of halogens is 1. The molecule has 5 heteroatoms. The third-order valence-corrected chi connectivity index (χ3v) is 2.49. The lowest BCUT2D eigenvalue weighted by atomic mass is 10.3. The van der Waals surface area contributed by atoms with Crippen LogP contribution in [0.2, 0.25) is 0 Å². The van der Waals surface area contributed by atoms with Gasteiger partial charge in [0.25, 0.3) is 0 Å². The Balaban J connectivity index is 2.34. The summed E-state index contributed by atoms with van der Waals surface area (Å²) in [6, 6.07) is 3.79. The maximum Gasteiger partial charge on any atom is 0.311 e. The first kappa shape index (κ1) is 10.2. The predicted octanol–water partition coefficient (Wildman–Crippen LogP) is 1.81. The van der Waals surface area contributed by atoms with E-state index in [0.717, 1.165) is 10.1 Å². The summed E-state index contributed by atoms with van der Waals surface area (Å²) in [5, 5.41) is 0. The molecule has 2 aromatic heterocycles. The van der Waals surface area contributed by atoms with Crippen molar-refractivity contribution >= 4 is 27.5 Å². The molecule has 0 radical (unpaired) electrons. The minimum absolute atomic E-state index is 0.204. The van der Waals surface area contributed by atoms with Gasteiger partial charge in [0.15, 0.2) is 0 Å². The maximum atomic E-state index is 11.0. The average molecular weight is 269 g/mol. The molecule has 78 valence electrons. The first-order chi connectivity index (χ1) is 7.19. The van der Waals surface area contributed by atoms with Crippen LogP contribution in [-0.4, -0.2) is 22.5 Å². The minimum atomic E-state index is -0.280. The lowest BCUT2D eigenvalue weighted by molar-refractivity contribution is -0.139. The van der Waals surface area contributed by atoms with Crippen LogP contribution in [0.4, 0.5) is 0 Å². The van der Waals surface area contributed by atoms with Gasteiger partial charge in [0.2, 0.25) is 0 Å². The van der Waals surface area contributed by atoms with Crippen molar-refractivity contribution < 1.29 is 9.53 Å². The van der Waals surface area contributed by atoms with Crippen molar-refractivity contribution in [1.29, 1.82) is 0 Å². The van der Waals surface area contributed by atoms with Crippen molar-refractivity contribution in [3.05, 3.63) is 34.7 Å². The second-order valence-corrected chi connectivity index (χ2v) is 4.01. The topological polar surface area (TPSA) is 43.6 Å². The van der Waals surface area contributed by atoms with E-state index >= 15 is 0 Å². The number of imidazole rings is 1. The number of hydrogen-bond acceptors (Lipinski definition) is 3. The SMILES string of the molecule is COC(=O)Cc1cn2cc(Br)ccc2n1. The molecule has 0 aliphatic heterocycles. The number of nitrogens with zero attached hydrogens (tertiary/aromatic N) is 2. The number of carbonyl (C=O) groups is 1. The van der Waals surface area contributed by atoms with Crippen LogP contribution in [0.5, 0.6) is 0 Å². The van der Waals surface area contributed by atoms with E-state index < -0.39 is 0 Å². The monoisotopic (exact) mass is 268 g/mol. The lowest BCUT2D eigenvalue weighted by Gasteiger charge is -1.93. The Morgan fingerprint density at radius 2 is 2.33 bits per heavy atom. The van der Waals surface area contributed by atoms with Crippen molar-refractivity contribution in [2.24, 2.45) is 0 Å². The molecule has 0 aromatic carbocycles. The Hall–Kier alpha value is -1.36. The first-order valence-corrected chi connectivity index (χ1v) is 5.18. The van der Waals surface area contributed by atoms with E-state index in [9.17, 15) is 4.79 Å². The number of pyridine rings is 1. The van der Waals surface area contributed by atoms with Crippen LogP contribution < -0.4 is 0 Å². The van der Waals surface area contributed by atoms with E-state index in [-0.39, 0.29) is 12.4 Å². The van der Waals surface area contributed by atoms with E-state index in [4.69, 9.17) is 0 Å². The number of aromatic nitrogens is 2. The highest BCUT2D eigenvalue weighted by Crippen LogP contribution is 2.12. The fourth-order valence-electron chi connectivity index (χ4n) is 1.32. The fourth-order valence-corrected chi connectivity index (χ4v) is 1.68. The Labute approximate surface area is 95.0 Å².